The lowest BCUT2D eigenvalue weighted by Gasteiger charge is -2.35. The lowest BCUT2D eigenvalue weighted by Crippen LogP contribution is -2.74. The van der Waals surface area contributed by atoms with Crippen molar-refractivity contribution >= 4 is 67.7 Å². The van der Waals surface area contributed by atoms with E-state index in [1.54, 1.807) is 0 Å². The fourth-order valence-corrected chi connectivity index (χ4v) is 13.6. The van der Waals surface area contributed by atoms with Crippen molar-refractivity contribution in [3.05, 3.63) is 243 Å². The summed E-state index contributed by atoms with van der Waals surface area (Å²) in [6.07, 6.45) is 0. The van der Waals surface area contributed by atoms with Crippen LogP contribution in [0.15, 0.2) is 243 Å². The highest BCUT2D eigenvalue weighted by molar-refractivity contribution is 7.19. The van der Waals surface area contributed by atoms with Crippen molar-refractivity contribution in [1.82, 2.24) is 4.57 Å². The van der Waals surface area contributed by atoms with Crippen molar-refractivity contribution in [1.29, 1.82) is 0 Å². The lowest BCUT2D eigenvalue weighted by molar-refractivity contribution is 1.18. The molecule has 0 spiro atoms. The summed E-state index contributed by atoms with van der Waals surface area (Å²) in [7, 11) is -2.72. The molecule has 10 aromatic rings. The van der Waals surface area contributed by atoms with Crippen LogP contribution in [0, 0.1) is 0 Å². The summed E-state index contributed by atoms with van der Waals surface area (Å²) in [6.45, 7) is 0. The molecule has 0 aliphatic carbocycles. The van der Waals surface area contributed by atoms with Crippen molar-refractivity contribution in [3.8, 4) is 16.8 Å². The topological polar surface area (TPSA) is 8.17 Å². The van der Waals surface area contributed by atoms with E-state index in [1.165, 1.54) is 53.7 Å². The van der Waals surface area contributed by atoms with E-state index >= 15 is 0 Å². The van der Waals surface area contributed by atoms with Crippen LogP contribution in [0.2, 0.25) is 0 Å². The zero-order valence-corrected chi connectivity index (χ0v) is 32.5. The normalized spacial score (nSPS) is 11.5. The molecule has 0 saturated heterocycles. The number of anilines is 3. The summed E-state index contributed by atoms with van der Waals surface area (Å²) >= 11 is 0. The first-order valence-electron chi connectivity index (χ1n) is 19.6. The SMILES string of the molecule is c1ccc(-c2ccccc2N(c2ccc([Si](c3ccccc3)(c3ccccc3)c3ccccc3)cc2)c2cccc3c2c2ccccc2n3-c2ccccc2)cc1. The Morgan fingerprint density at radius 3 is 1.40 bits per heavy atom. The molecule has 0 fully saturated rings. The van der Waals surface area contributed by atoms with Gasteiger partial charge in [-0.25, -0.2) is 0 Å². The molecule has 0 N–H and O–H groups in total. The molecule has 0 radical (unpaired) electrons. The Morgan fingerprint density at radius 1 is 0.333 bits per heavy atom. The maximum absolute atomic E-state index is 2.72. The second-order valence-corrected chi connectivity index (χ2v) is 18.3. The van der Waals surface area contributed by atoms with Gasteiger partial charge < -0.3 is 9.47 Å². The first kappa shape index (κ1) is 34.3. The fourth-order valence-electron chi connectivity index (χ4n) is 8.91. The van der Waals surface area contributed by atoms with Crippen LogP contribution < -0.4 is 25.6 Å². The smallest absolute Gasteiger partial charge is 0.179 e. The van der Waals surface area contributed by atoms with Gasteiger partial charge >= 0.3 is 0 Å². The first-order valence-corrected chi connectivity index (χ1v) is 21.6. The van der Waals surface area contributed by atoms with Crippen LogP contribution in [-0.4, -0.2) is 12.6 Å². The van der Waals surface area contributed by atoms with Gasteiger partial charge in [-0.2, -0.15) is 0 Å². The number of aromatic nitrogens is 1. The second-order valence-electron chi connectivity index (χ2n) is 14.5. The molecule has 1 aromatic heterocycles. The number of fused-ring (bicyclic) bond motifs is 3. The minimum Gasteiger partial charge on any atom is -0.309 e. The summed E-state index contributed by atoms with van der Waals surface area (Å²) in [6, 6.07) is 88.8. The van der Waals surface area contributed by atoms with Gasteiger partial charge in [0.15, 0.2) is 8.07 Å². The van der Waals surface area contributed by atoms with E-state index < -0.39 is 8.07 Å². The molecule has 0 aliphatic rings. The van der Waals surface area contributed by atoms with Gasteiger partial charge in [0.25, 0.3) is 0 Å². The van der Waals surface area contributed by atoms with Crippen LogP contribution in [0.3, 0.4) is 0 Å². The molecular weight excluding hydrogens is 705 g/mol. The van der Waals surface area contributed by atoms with Gasteiger partial charge in [0.2, 0.25) is 0 Å². The Balaban J connectivity index is 1.25. The van der Waals surface area contributed by atoms with Crippen molar-refractivity contribution < 1.29 is 0 Å². The molecular formula is C54H40N2Si. The van der Waals surface area contributed by atoms with Crippen molar-refractivity contribution in [2.45, 2.75) is 0 Å². The predicted octanol–water partition coefficient (Wildman–Crippen LogP) is 11.3. The van der Waals surface area contributed by atoms with E-state index in [0.29, 0.717) is 0 Å². The van der Waals surface area contributed by atoms with E-state index in [-0.39, 0.29) is 0 Å². The molecule has 270 valence electrons. The monoisotopic (exact) mass is 744 g/mol. The van der Waals surface area contributed by atoms with Gasteiger partial charge in [0, 0.05) is 27.7 Å². The highest BCUT2D eigenvalue weighted by Crippen LogP contribution is 2.46. The third-order valence-corrected chi connectivity index (χ3v) is 16.1. The van der Waals surface area contributed by atoms with Crippen LogP contribution in [0.25, 0.3) is 38.6 Å². The summed E-state index contributed by atoms with van der Waals surface area (Å²) < 4.78 is 2.40. The standard InChI is InChI=1S/C54H40N2Si/c1-6-21-41(22-7-1)48-31-16-18-33-50(48)56(53-36-20-35-52-54(53)49-32-17-19-34-51(49)55(52)42-23-8-2-9-24-42)43-37-39-47(40-38-43)57(44-25-10-3-11-26-44,45-27-12-4-13-28-45)46-29-14-5-15-30-46/h1-40H. The molecule has 0 aliphatic heterocycles. The molecule has 2 nitrogen and oxygen atoms in total. The van der Waals surface area contributed by atoms with Crippen LogP contribution in [0.4, 0.5) is 17.1 Å². The van der Waals surface area contributed by atoms with Gasteiger partial charge in [-0.05, 0) is 74.8 Å². The molecule has 0 amide bonds. The highest BCUT2D eigenvalue weighted by Gasteiger charge is 2.41. The first-order chi connectivity index (χ1) is 28.3. The van der Waals surface area contributed by atoms with Gasteiger partial charge in [0.05, 0.1) is 22.4 Å². The Labute approximate surface area is 335 Å². The van der Waals surface area contributed by atoms with Crippen molar-refractivity contribution in [2.24, 2.45) is 0 Å². The van der Waals surface area contributed by atoms with E-state index in [0.717, 1.165) is 22.7 Å². The molecule has 1 heterocycles. The van der Waals surface area contributed by atoms with Gasteiger partial charge in [-0.15, -0.1) is 0 Å². The highest BCUT2D eigenvalue weighted by atomic mass is 28.3. The molecule has 57 heavy (non-hydrogen) atoms. The van der Waals surface area contributed by atoms with E-state index in [9.17, 15) is 0 Å². The molecule has 0 unspecified atom stereocenters. The number of nitrogens with zero attached hydrogens (tertiary/aromatic N) is 2. The van der Waals surface area contributed by atoms with Gasteiger partial charge in [0.1, 0.15) is 0 Å². The minimum absolute atomic E-state index is 1.10. The van der Waals surface area contributed by atoms with E-state index in [2.05, 4.69) is 252 Å². The number of hydrogen-bond donors (Lipinski definition) is 0. The number of rotatable bonds is 9. The molecule has 3 heteroatoms. The Hall–Kier alpha value is -7.20. The quantitative estimate of drug-likeness (QED) is 0.106. The van der Waals surface area contributed by atoms with Crippen molar-refractivity contribution in [2.75, 3.05) is 4.90 Å². The molecule has 0 atom stereocenters. The lowest BCUT2D eigenvalue weighted by atomic mass is 10.0. The van der Waals surface area contributed by atoms with E-state index in [4.69, 9.17) is 0 Å². The van der Waals surface area contributed by atoms with Crippen LogP contribution in [0.1, 0.15) is 0 Å². The average molecular weight is 745 g/mol. The van der Waals surface area contributed by atoms with Crippen LogP contribution >= 0.6 is 0 Å². The van der Waals surface area contributed by atoms with Gasteiger partial charge in [-0.3, -0.25) is 0 Å². The zero-order chi connectivity index (χ0) is 38.0. The fraction of sp³-hybridized carbons (Fsp3) is 0. The van der Waals surface area contributed by atoms with Crippen molar-refractivity contribution in [3.63, 3.8) is 0 Å². The Bertz CT molecular complexity index is 2830. The third kappa shape index (κ3) is 5.88. The Morgan fingerprint density at radius 2 is 0.789 bits per heavy atom. The maximum atomic E-state index is 2.48. The van der Waals surface area contributed by atoms with E-state index in [1.807, 2.05) is 0 Å². The predicted molar refractivity (Wildman–Crippen MR) is 245 cm³/mol. The average Bonchev–Trinajstić information content (AvgIpc) is 3.64. The summed E-state index contributed by atoms with van der Waals surface area (Å²) in [5, 5.41) is 7.85. The molecule has 9 aromatic carbocycles. The summed E-state index contributed by atoms with van der Waals surface area (Å²) in [4.78, 5) is 2.48. The summed E-state index contributed by atoms with van der Waals surface area (Å²) in [5.74, 6) is 0. The largest absolute Gasteiger partial charge is 0.309 e. The summed E-state index contributed by atoms with van der Waals surface area (Å²) in [5.41, 5.74) is 9.20. The van der Waals surface area contributed by atoms with Crippen LogP contribution in [0.5, 0.6) is 0 Å². The van der Waals surface area contributed by atoms with Gasteiger partial charge in [-0.1, -0.05) is 194 Å². The number of para-hydroxylation sites is 3. The molecule has 0 bridgehead atoms. The number of benzene rings is 9. The maximum Gasteiger partial charge on any atom is 0.179 e. The number of hydrogen-bond acceptors (Lipinski definition) is 1. The molecule has 10 rings (SSSR count). The minimum atomic E-state index is -2.72. The second kappa shape index (κ2) is 14.8. The third-order valence-electron chi connectivity index (χ3n) is 11.3. The Kier molecular flexibility index (Phi) is 8.90. The molecule has 0 saturated carbocycles. The zero-order valence-electron chi connectivity index (χ0n) is 31.5. The van der Waals surface area contributed by atoms with Crippen LogP contribution in [-0.2, 0) is 0 Å².